The summed E-state index contributed by atoms with van der Waals surface area (Å²) in [7, 11) is 0. The summed E-state index contributed by atoms with van der Waals surface area (Å²) < 4.78 is 37.2. The minimum Gasteiger partial charge on any atom is -0.383 e. The summed E-state index contributed by atoms with van der Waals surface area (Å²) in [6.45, 7) is 21.2. The van der Waals surface area contributed by atoms with Gasteiger partial charge in [-0.25, -0.2) is 18.7 Å². The van der Waals surface area contributed by atoms with Crippen LogP contribution in [0.25, 0.3) is 0 Å². The number of halogens is 2. The normalized spacial score (nSPS) is 21.8. The summed E-state index contributed by atoms with van der Waals surface area (Å²) in [5.74, 6) is -0.679. The Hall–Kier alpha value is -5.54. The van der Waals surface area contributed by atoms with Gasteiger partial charge in [-0.1, -0.05) is 65.0 Å². The fraction of sp³-hybridized carbons (Fsp3) is 0.661. The number of ether oxygens (including phenoxy) is 1. The van der Waals surface area contributed by atoms with Crippen molar-refractivity contribution in [1.29, 1.82) is 0 Å². The van der Waals surface area contributed by atoms with E-state index in [0.29, 0.717) is 109 Å². The summed E-state index contributed by atoms with van der Waals surface area (Å²) >= 11 is 0. The number of nitrogens with one attached hydrogen (secondary N) is 5. The van der Waals surface area contributed by atoms with Crippen LogP contribution < -0.4 is 36.4 Å². The molecule has 4 amide bonds. The Kier molecular flexibility index (Phi) is 20.6. The van der Waals surface area contributed by atoms with Crippen molar-refractivity contribution in [2.75, 3.05) is 127 Å². The van der Waals surface area contributed by atoms with Gasteiger partial charge in [-0.3, -0.25) is 29.0 Å². The highest BCUT2D eigenvalue weighted by Crippen LogP contribution is 2.39. The molecule has 6 heterocycles. The third kappa shape index (κ3) is 17.0. The Labute approximate surface area is 466 Å². The van der Waals surface area contributed by atoms with Gasteiger partial charge in [0.15, 0.2) is 0 Å². The molecule has 0 unspecified atom stereocenters. The number of aromatic nitrogens is 2. The Morgan fingerprint density at radius 3 is 2.25 bits per heavy atom. The van der Waals surface area contributed by atoms with Crippen LogP contribution >= 0.6 is 0 Å². The molecular formula is C59H88F2N12O6. The van der Waals surface area contributed by atoms with Crippen molar-refractivity contribution in [3.05, 3.63) is 77.6 Å². The second-order valence-electron chi connectivity index (χ2n) is 24.6. The number of aliphatic hydroxyl groups is 1. The van der Waals surface area contributed by atoms with Crippen LogP contribution in [0, 0.1) is 34.3 Å². The highest BCUT2D eigenvalue weighted by Gasteiger charge is 2.44. The number of hydrogen-bond acceptors (Lipinski definition) is 14. The van der Waals surface area contributed by atoms with Crippen molar-refractivity contribution in [1.82, 2.24) is 45.9 Å². The lowest BCUT2D eigenvalue weighted by Gasteiger charge is -2.48. The van der Waals surface area contributed by atoms with Crippen LogP contribution in [0.5, 0.6) is 0 Å². The van der Waals surface area contributed by atoms with E-state index in [9.17, 15) is 24.3 Å². The number of carbonyl (C=O) groups is 4. The number of likely N-dealkylation sites (tertiary alicyclic amines) is 3. The van der Waals surface area contributed by atoms with Crippen LogP contribution in [-0.2, 0) is 36.9 Å². The van der Waals surface area contributed by atoms with Gasteiger partial charge in [0, 0.05) is 83.1 Å². The smallest absolute Gasteiger partial charge is 0.249 e. The molecule has 4 atom stereocenters. The van der Waals surface area contributed by atoms with Crippen LogP contribution in [0.3, 0.4) is 0 Å². The lowest BCUT2D eigenvalue weighted by Crippen LogP contribution is -2.66. The van der Waals surface area contributed by atoms with Crippen molar-refractivity contribution < 1.29 is 37.8 Å². The number of piperazine rings is 1. The molecule has 0 radical (unpaired) electrons. The first-order chi connectivity index (χ1) is 37.8. The predicted molar refractivity (Wildman–Crippen MR) is 302 cm³/mol. The lowest BCUT2D eigenvalue weighted by molar-refractivity contribution is -0.136. The zero-order chi connectivity index (χ0) is 56.2. The van der Waals surface area contributed by atoms with E-state index < -0.39 is 35.2 Å². The first-order valence-electron chi connectivity index (χ1n) is 29.0. The average molecular weight is 1100 g/mol. The third-order valence-corrected chi connectivity index (χ3v) is 17.0. The van der Waals surface area contributed by atoms with Gasteiger partial charge in [-0.05, 0) is 118 Å². The molecule has 5 aliphatic heterocycles. The maximum atomic E-state index is 15.7. The summed E-state index contributed by atoms with van der Waals surface area (Å²) in [6, 6.07) is 13.5. The van der Waals surface area contributed by atoms with Crippen LogP contribution in [0.4, 0.5) is 26.1 Å². The number of nitrogens with zero attached hydrogens (tertiary/aromatic N) is 7. The highest BCUT2D eigenvalue weighted by atomic mass is 19.1. The molecule has 20 heteroatoms. The predicted octanol–water partition coefficient (Wildman–Crippen LogP) is 4.57. The number of aliphatic hydroxyl groups excluding tert-OH is 1. The van der Waals surface area contributed by atoms with Gasteiger partial charge < -0.3 is 51.1 Å². The van der Waals surface area contributed by atoms with Gasteiger partial charge in [0.2, 0.25) is 23.6 Å². The number of hydrogen-bond donors (Lipinski definition) is 6. The van der Waals surface area contributed by atoms with Crippen LogP contribution in [0.15, 0.2) is 54.9 Å². The molecule has 1 aromatic heterocycles. The number of rotatable bonds is 25. The molecule has 0 bridgehead atoms. The van der Waals surface area contributed by atoms with E-state index in [2.05, 4.69) is 70.0 Å². The van der Waals surface area contributed by atoms with Crippen molar-refractivity contribution >= 4 is 41.0 Å². The fourth-order valence-corrected chi connectivity index (χ4v) is 12.2. The van der Waals surface area contributed by atoms with Gasteiger partial charge in [-0.2, -0.15) is 0 Å². The molecule has 2 aromatic carbocycles. The summed E-state index contributed by atoms with van der Waals surface area (Å²) in [4.78, 5) is 71.9. The molecule has 5 saturated heterocycles. The molecule has 5 aliphatic rings. The van der Waals surface area contributed by atoms with Crippen molar-refractivity contribution in [3.63, 3.8) is 0 Å². The van der Waals surface area contributed by atoms with E-state index >= 15 is 8.78 Å². The first kappa shape index (κ1) is 59.6. The molecule has 2 spiro atoms. The molecule has 6 N–H and O–H groups in total. The zero-order valence-corrected chi connectivity index (χ0v) is 47.5. The fourth-order valence-electron chi connectivity index (χ4n) is 12.2. The number of amides is 4. The average Bonchev–Trinajstić information content (AvgIpc) is 4.02. The highest BCUT2D eigenvalue weighted by molar-refractivity contribution is 5.89. The molecule has 18 nitrogen and oxygen atoms in total. The maximum absolute atomic E-state index is 15.7. The molecule has 3 aromatic rings. The van der Waals surface area contributed by atoms with Gasteiger partial charge in [0.25, 0.3) is 0 Å². The van der Waals surface area contributed by atoms with Crippen LogP contribution in [0.1, 0.15) is 97.1 Å². The summed E-state index contributed by atoms with van der Waals surface area (Å²) in [5, 5.41) is 26.1. The molecule has 0 saturated carbocycles. The molecule has 0 aliphatic carbocycles. The molecular weight excluding hydrogens is 1010 g/mol. The SMILES string of the molecule is CC(C)C[C@H](NC(=O)[C@@H](O)[C@H](C)Cc1ccccc1)C(=O)NCCOCCN1CC[C@]2(CCN(CC(=O)NCCCNc3cc(N4CCC5(CC4)CN(c4cc(F)c(CN6CCC(C)(C)CC6)cc4F)CC(=O)N5)ncn3)C2)C1. The Bertz CT molecular complexity index is 2510. The quantitative estimate of drug-likeness (QED) is 0.0645. The summed E-state index contributed by atoms with van der Waals surface area (Å²) in [6.07, 6.45) is 7.41. The zero-order valence-electron chi connectivity index (χ0n) is 47.5. The lowest BCUT2D eigenvalue weighted by atomic mass is 9.82. The minimum absolute atomic E-state index is 0.0172. The van der Waals surface area contributed by atoms with Crippen LogP contribution in [0.2, 0.25) is 0 Å². The van der Waals surface area contributed by atoms with E-state index in [1.807, 2.05) is 57.2 Å². The maximum Gasteiger partial charge on any atom is 0.249 e. The third-order valence-electron chi connectivity index (χ3n) is 17.0. The molecule has 434 valence electrons. The Balaban J connectivity index is 0.677. The van der Waals surface area contributed by atoms with E-state index in [1.165, 1.54) is 18.5 Å². The Morgan fingerprint density at radius 2 is 1.51 bits per heavy atom. The largest absolute Gasteiger partial charge is 0.383 e. The van der Waals surface area contributed by atoms with Gasteiger partial charge in [0.05, 0.1) is 37.5 Å². The molecule has 79 heavy (non-hydrogen) atoms. The second-order valence-corrected chi connectivity index (χ2v) is 24.6. The van der Waals surface area contributed by atoms with Gasteiger partial charge in [0.1, 0.15) is 41.7 Å². The summed E-state index contributed by atoms with van der Waals surface area (Å²) in [5.41, 5.74) is 1.36. The molecule has 5 fully saturated rings. The van der Waals surface area contributed by atoms with Gasteiger partial charge in [-0.15, -0.1) is 0 Å². The van der Waals surface area contributed by atoms with Crippen LogP contribution in [-0.4, -0.2) is 182 Å². The number of benzene rings is 2. The van der Waals surface area contributed by atoms with Crippen molar-refractivity contribution in [2.24, 2.45) is 22.7 Å². The minimum atomic E-state index is -1.23. The Morgan fingerprint density at radius 1 is 0.785 bits per heavy atom. The molecule has 8 rings (SSSR count). The standard InChI is InChI=1S/C59H88F2N12O6/c1-42(2)30-48(67-56(78)54(76)43(3)31-44-10-7-6-8-11-44)55(77)64-20-28-79-29-27-70-23-14-58(38-70)15-24-71(39-58)36-52(74)63-19-9-18-62-50-34-51(66-41-65-50)72-25-16-59(17-26-72)40-73(37-53(75)68-59)49-33-46(60)45(32-47(49)61)35-69-21-12-57(4,5)13-22-69/h6-8,10-11,32-34,41-43,48,54,76H,9,12-31,35-40H2,1-5H3,(H,63,74)(H,64,77)(H,67,78)(H,68,75)(H,62,65,66)/t43-,48+,54+,58+/m1/s1. The van der Waals surface area contributed by atoms with E-state index in [-0.39, 0.29) is 52.6 Å². The number of anilines is 3. The number of piperidine rings is 2. The van der Waals surface area contributed by atoms with Crippen molar-refractivity contribution in [3.8, 4) is 0 Å². The topological polar surface area (TPSA) is 200 Å². The van der Waals surface area contributed by atoms with E-state index in [0.717, 1.165) is 82.9 Å². The van der Waals surface area contributed by atoms with E-state index in [1.54, 1.807) is 4.90 Å². The van der Waals surface area contributed by atoms with Crippen molar-refractivity contribution in [2.45, 2.75) is 117 Å². The number of carbonyl (C=O) groups excluding carboxylic acids is 4. The monoisotopic (exact) mass is 1100 g/mol. The van der Waals surface area contributed by atoms with Gasteiger partial charge >= 0.3 is 0 Å². The van der Waals surface area contributed by atoms with E-state index in [4.69, 9.17) is 4.74 Å². The first-order valence-corrected chi connectivity index (χ1v) is 29.0. The second kappa shape index (κ2) is 27.3.